The molecular weight excluding hydrogens is 269 g/mol. The number of nitrogens with one attached hydrogen (secondary N) is 1. The quantitative estimate of drug-likeness (QED) is 0.904. The van der Waals surface area contributed by atoms with E-state index in [-0.39, 0.29) is 12.4 Å². The molecule has 0 saturated carbocycles. The first-order chi connectivity index (χ1) is 9.50. The maximum absolute atomic E-state index is 12.6. The van der Waals surface area contributed by atoms with E-state index in [0.717, 1.165) is 11.6 Å². The van der Waals surface area contributed by atoms with E-state index in [1.807, 2.05) is 6.07 Å². The molecule has 1 aromatic carbocycles. The first-order valence-corrected chi connectivity index (χ1v) is 5.97. The third-order valence-electron chi connectivity index (χ3n) is 2.75. The number of aliphatic hydroxyl groups is 1. The predicted octanol–water partition coefficient (Wildman–Crippen LogP) is 3.25. The summed E-state index contributed by atoms with van der Waals surface area (Å²) in [5.41, 5.74) is -0.193. The van der Waals surface area contributed by atoms with Crippen molar-refractivity contribution in [2.24, 2.45) is 0 Å². The first-order valence-electron chi connectivity index (χ1n) is 5.97. The Balaban J connectivity index is 2.20. The Morgan fingerprint density at radius 2 is 1.75 bits per heavy atom. The third-order valence-corrected chi connectivity index (χ3v) is 2.75. The molecule has 2 N–H and O–H groups in total. The van der Waals surface area contributed by atoms with Crippen LogP contribution in [0.3, 0.4) is 0 Å². The van der Waals surface area contributed by atoms with Gasteiger partial charge in [0.25, 0.3) is 0 Å². The van der Waals surface area contributed by atoms with Crippen LogP contribution in [0.15, 0.2) is 48.5 Å². The van der Waals surface area contributed by atoms with Gasteiger partial charge in [0.05, 0.1) is 12.6 Å². The minimum absolute atomic E-state index is 0.0720. The van der Waals surface area contributed by atoms with Gasteiger partial charge in [0.15, 0.2) is 0 Å². The van der Waals surface area contributed by atoms with Crippen molar-refractivity contribution >= 4 is 5.82 Å². The van der Waals surface area contributed by atoms with Crippen LogP contribution in [-0.2, 0) is 6.18 Å². The lowest BCUT2D eigenvalue weighted by Gasteiger charge is -2.18. The van der Waals surface area contributed by atoms with E-state index in [9.17, 15) is 18.3 Å². The number of anilines is 1. The summed E-state index contributed by atoms with van der Waals surface area (Å²) in [6.45, 7) is -0.248. The van der Waals surface area contributed by atoms with E-state index in [1.165, 1.54) is 12.1 Å². The molecule has 0 fully saturated rings. The summed E-state index contributed by atoms with van der Waals surface area (Å²) in [5, 5.41) is 12.2. The highest BCUT2D eigenvalue weighted by Crippen LogP contribution is 2.28. The molecule has 0 saturated heterocycles. The molecule has 6 heteroatoms. The zero-order chi connectivity index (χ0) is 14.6. The maximum Gasteiger partial charge on any atom is 0.433 e. The Hall–Kier alpha value is -2.08. The summed E-state index contributed by atoms with van der Waals surface area (Å²) >= 11 is 0. The molecule has 1 atom stereocenters. The molecule has 0 spiro atoms. The second-order valence-electron chi connectivity index (χ2n) is 4.20. The summed E-state index contributed by atoms with van der Waals surface area (Å²) in [7, 11) is 0. The Kier molecular flexibility index (Phi) is 4.24. The van der Waals surface area contributed by atoms with E-state index in [1.54, 1.807) is 24.3 Å². The summed E-state index contributed by atoms with van der Waals surface area (Å²) in [5.74, 6) is 0.0720. The molecule has 0 aliphatic carbocycles. The van der Waals surface area contributed by atoms with Crippen molar-refractivity contribution in [2.75, 3.05) is 11.9 Å². The van der Waals surface area contributed by atoms with Crippen LogP contribution in [0.1, 0.15) is 17.3 Å². The molecule has 0 aliphatic heterocycles. The van der Waals surface area contributed by atoms with Gasteiger partial charge in [-0.3, -0.25) is 0 Å². The van der Waals surface area contributed by atoms with Gasteiger partial charge in [-0.05, 0) is 17.7 Å². The van der Waals surface area contributed by atoms with Crippen molar-refractivity contribution in [3.05, 3.63) is 59.8 Å². The van der Waals surface area contributed by atoms with E-state index in [4.69, 9.17) is 0 Å². The van der Waals surface area contributed by atoms with Crippen LogP contribution in [0.4, 0.5) is 19.0 Å². The lowest BCUT2D eigenvalue weighted by atomic mass is 10.1. The lowest BCUT2D eigenvalue weighted by Crippen LogP contribution is -2.17. The average Bonchev–Trinajstić information content (AvgIpc) is 2.45. The number of halogens is 3. The summed E-state index contributed by atoms with van der Waals surface area (Å²) in [6.07, 6.45) is -4.49. The molecule has 0 aliphatic rings. The average molecular weight is 282 g/mol. The van der Waals surface area contributed by atoms with Gasteiger partial charge in [-0.15, -0.1) is 0 Å². The van der Waals surface area contributed by atoms with Crippen molar-refractivity contribution in [3.8, 4) is 0 Å². The highest BCUT2D eigenvalue weighted by molar-refractivity contribution is 5.39. The number of alkyl halides is 3. The molecule has 1 unspecified atom stereocenters. The zero-order valence-electron chi connectivity index (χ0n) is 10.4. The Bertz CT molecular complexity index is 558. The molecule has 1 aromatic heterocycles. The third kappa shape index (κ3) is 3.48. The van der Waals surface area contributed by atoms with Crippen molar-refractivity contribution in [1.29, 1.82) is 0 Å². The van der Waals surface area contributed by atoms with Crippen molar-refractivity contribution < 1.29 is 18.3 Å². The van der Waals surface area contributed by atoms with Crippen LogP contribution in [-0.4, -0.2) is 16.7 Å². The van der Waals surface area contributed by atoms with Crippen LogP contribution in [0, 0.1) is 0 Å². The molecule has 3 nitrogen and oxygen atoms in total. The topological polar surface area (TPSA) is 45.1 Å². The standard InChI is InChI=1S/C14H13F3N2O/c15-14(16,17)12-7-4-8-13(19-12)18-11(9-20)10-5-2-1-3-6-10/h1-8,11,20H,9H2,(H,18,19). The number of rotatable bonds is 4. The number of nitrogens with zero attached hydrogens (tertiary/aromatic N) is 1. The van der Waals surface area contributed by atoms with Crippen LogP contribution in [0.25, 0.3) is 0 Å². The van der Waals surface area contributed by atoms with Crippen LogP contribution in [0.2, 0.25) is 0 Å². The number of pyridine rings is 1. The fraction of sp³-hybridized carbons (Fsp3) is 0.214. The van der Waals surface area contributed by atoms with Crippen molar-refractivity contribution in [1.82, 2.24) is 4.98 Å². The molecule has 0 radical (unpaired) electrons. The number of benzene rings is 1. The summed E-state index contributed by atoms with van der Waals surface area (Å²) < 4.78 is 37.7. The second-order valence-corrected chi connectivity index (χ2v) is 4.20. The lowest BCUT2D eigenvalue weighted by molar-refractivity contribution is -0.141. The van der Waals surface area contributed by atoms with Crippen LogP contribution < -0.4 is 5.32 Å². The molecule has 106 valence electrons. The van der Waals surface area contributed by atoms with Gasteiger partial charge in [0.2, 0.25) is 0 Å². The van der Waals surface area contributed by atoms with E-state index in [0.29, 0.717) is 0 Å². The van der Waals surface area contributed by atoms with Crippen molar-refractivity contribution in [2.45, 2.75) is 12.2 Å². The SMILES string of the molecule is OCC(Nc1cccc(C(F)(F)F)n1)c1ccccc1. The molecule has 1 heterocycles. The molecular formula is C14H13F3N2O. The number of hydrogen-bond acceptors (Lipinski definition) is 3. The predicted molar refractivity (Wildman–Crippen MR) is 69.1 cm³/mol. The normalized spacial score (nSPS) is 13.0. The van der Waals surface area contributed by atoms with E-state index >= 15 is 0 Å². The van der Waals surface area contributed by atoms with Gasteiger partial charge in [0.1, 0.15) is 11.5 Å². The number of aromatic nitrogens is 1. The van der Waals surface area contributed by atoms with Gasteiger partial charge in [-0.1, -0.05) is 36.4 Å². The summed E-state index contributed by atoms with van der Waals surface area (Å²) in [6, 6.07) is 12.1. The largest absolute Gasteiger partial charge is 0.433 e. The number of aliphatic hydroxyl groups excluding tert-OH is 1. The zero-order valence-corrected chi connectivity index (χ0v) is 10.4. The maximum atomic E-state index is 12.6. The molecule has 2 rings (SSSR count). The fourth-order valence-corrected chi connectivity index (χ4v) is 1.77. The molecule has 2 aromatic rings. The molecule has 20 heavy (non-hydrogen) atoms. The monoisotopic (exact) mass is 282 g/mol. The van der Waals surface area contributed by atoms with Gasteiger partial charge >= 0.3 is 6.18 Å². The van der Waals surface area contributed by atoms with Crippen LogP contribution >= 0.6 is 0 Å². The van der Waals surface area contributed by atoms with Gasteiger partial charge in [-0.25, -0.2) is 4.98 Å². The highest BCUT2D eigenvalue weighted by Gasteiger charge is 2.32. The number of hydrogen-bond donors (Lipinski definition) is 2. The van der Waals surface area contributed by atoms with Crippen LogP contribution in [0.5, 0.6) is 0 Å². The smallest absolute Gasteiger partial charge is 0.394 e. The fourth-order valence-electron chi connectivity index (χ4n) is 1.77. The van der Waals surface area contributed by atoms with E-state index < -0.39 is 17.9 Å². The van der Waals surface area contributed by atoms with Crippen molar-refractivity contribution in [3.63, 3.8) is 0 Å². The summed E-state index contributed by atoms with van der Waals surface area (Å²) in [4.78, 5) is 3.51. The minimum Gasteiger partial charge on any atom is -0.394 e. The first kappa shape index (κ1) is 14.3. The van der Waals surface area contributed by atoms with Gasteiger partial charge < -0.3 is 10.4 Å². The van der Waals surface area contributed by atoms with E-state index in [2.05, 4.69) is 10.3 Å². The molecule has 0 amide bonds. The Morgan fingerprint density at radius 3 is 2.35 bits per heavy atom. The Morgan fingerprint density at radius 1 is 1.05 bits per heavy atom. The second kappa shape index (κ2) is 5.92. The Labute approximate surface area is 114 Å². The van der Waals surface area contributed by atoms with Gasteiger partial charge in [-0.2, -0.15) is 13.2 Å². The highest BCUT2D eigenvalue weighted by atomic mass is 19.4. The molecule has 0 bridgehead atoms. The van der Waals surface area contributed by atoms with Gasteiger partial charge in [0, 0.05) is 0 Å². The minimum atomic E-state index is -4.49.